The van der Waals surface area contributed by atoms with Gasteiger partial charge in [-0.15, -0.1) is 0 Å². The zero-order chi connectivity index (χ0) is 21.2. The second-order valence-electron chi connectivity index (χ2n) is 9.44. The maximum atomic E-state index is 12.6. The van der Waals surface area contributed by atoms with Crippen LogP contribution in [0.3, 0.4) is 0 Å². The fourth-order valence-electron chi connectivity index (χ4n) is 4.26. The molecule has 1 saturated heterocycles. The van der Waals surface area contributed by atoms with Crippen molar-refractivity contribution in [2.75, 3.05) is 6.54 Å². The first-order valence-corrected chi connectivity index (χ1v) is 10.7. The smallest absolute Gasteiger partial charge is 0.325 e. The van der Waals surface area contributed by atoms with Crippen molar-refractivity contribution < 1.29 is 14.4 Å². The highest BCUT2D eigenvalue weighted by Crippen LogP contribution is 2.35. The van der Waals surface area contributed by atoms with Gasteiger partial charge in [-0.05, 0) is 42.7 Å². The molecule has 2 N–H and O–H groups in total. The van der Waals surface area contributed by atoms with E-state index in [0.717, 1.165) is 31.2 Å². The lowest BCUT2D eigenvalue weighted by atomic mass is 9.86. The highest BCUT2D eigenvalue weighted by molar-refractivity contribution is 6.07. The van der Waals surface area contributed by atoms with Crippen molar-refractivity contribution >= 4 is 17.8 Å². The fraction of sp³-hybridized carbons (Fsp3) is 0.609. The molecule has 1 saturated carbocycles. The lowest BCUT2D eigenvalue weighted by Crippen LogP contribution is -2.44. The molecule has 6 nitrogen and oxygen atoms in total. The molecule has 0 bridgehead atoms. The molecular formula is C23H33N3O3. The number of imide groups is 1. The van der Waals surface area contributed by atoms with Crippen LogP contribution in [0.2, 0.25) is 0 Å². The number of carbonyl (C=O) groups is 3. The molecule has 6 heteroatoms. The normalized spacial score (nSPS) is 19.5. The summed E-state index contributed by atoms with van der Waals surface area (Å²) in [6.45, 7) is 8.77. The summed E-state index contributed by atoms with van der Waals surface area (Å²) in [6.07, 6.45) is 4.14. The predicted molar refractivity (Wildman–Crippen MR) is 112 cm³/mol. The van der Waals surface area contributed by atoms with Gasteiger partial charge in [0.05, 0.1) is 6.04 Å². The Balaban J connectivity index is 1.46. The summed E-state index contributed by atoms with van der Waals surface area (Å²) >= 11 is 0. The molecule has 0 aromatic heterocycles. The van der Waals surface area contributed by atoms with Crippen LogP contribution in [-0.4, -0.2) is 34.8 Å². The van der Waals surface area contributed by atoms with E-state index in [1.807, 2.05) is 6.92 Å². The van der Waals surface area contributed by atoms with Gasteiger partial charge in [0, 0.05) is 13.0 Å². The van der Waals surface area contributed by atoms with Crippen molar-refractivity contribution in [3.8, 4) is 0 Å². The minimum absolute atomic E-state index is 0.0694. The van der Waals surface area contributed by atoms with Gasteiger partial charge in [-0.2, -0.15) is 0 Å². The van der Waals surface area contributed by atoms with Crippen molar-refractivity contribution in [1.82, 2.24) is 15.5 Å². The Hall–Kier alpha value is -2.37. The van der Waals surface area contributed by atoms with Gasteiger partial charge < -0.3 is 10.6 Å². The maximum Gasteiger partial charge on any atom is 0.325 e. The Bertz CT molecular complexity index is 774. The molecule has 1 spiro atoms. The first-order valence-electron chi connectivity index (χ1n) is 10.7. The van der Waals surface area contributed by atoms with E-state index in [4.69, 9.17) is 0 Å². The number of nitrogens with zero attached hydrogens (tertiary/aromatic N) is 1. The Morgan fingerprint density at radius 3 is 2.38 bits per heavy atom. The zero-order valence-electron chi connectivity index (χ0n) is 18.0. The highest BCUT2D eigenvalue weighted by Gasteiger charge is 2.52. The van der Waals surface area contributed by atoms with Crippen LogP contribution in [0, 0.1) is 0 Å². The van der Waals surface area contributed by atoms with Gasteiger partial charge in [0.1, 0.15) is 5.54 Å². The number of hydrogen-bond donors (Lipinski definition) is 2. The number of rotatable bonds is 6. The minimum Gasteiger partial charge on any atom is -0.350 e. The monoisotopic (exact) mass is 399 g/mol. The molecule has 2 fully saturated rings. The second-order valence-corrected chi connectivity index (χ2v) is 9.44. The largest absolute Gasteiger partial charge is 0.350 e. The van der Waals surface area contributed by atoms with Crippen LogP contribution >= 0.6 is 0 Å². The van der Waals surface area contributed by atoms with Gasteiger partial charge in [0.25, 0.3) is 5.91 Å². The number of amides is 4. The van der Waals surface area contributed by atoms with E-state index in [0.29, 0.717) is 6.42 Å². The van der Waals surface area contributed by atoms with Crippen LogP contribution in [0.25, 0.3) is 0 Å². The third-order valence-electron chi connectivity index (χ3n) is 6.14. The van der Waals surface area contributed by atoms with E-state index >= 15 is 0 Å². The van der Waals surface area contributed by atoms with Crippen LogP contribution < -0.4 is 10.6 Å². The summed E-state index contributed by atoms with van der Waals surface area (Å²) in [7, 11) is 0. The van der Waals surface area contributed by atoms with Crippen molar-refractivity contribution in [2.24, 2.45) is 0 Å². The van der Waals surface area contributed by atoms with Crippen molar-refractivity contribution in [3.05, 3.63) is 35.4 Å². The summed E-state index contributed by atoms with van der Waals surface area (Å²) in [6, 6.07) is 7.92. The number of benzene rings is 1. The molecule has 3 rings (SSSR count). The molecule has 1 aliphatic heterocycles. The maximum absolute atomic E-state index is 12.6. The zero-order valence-corrected chi connectivity index (χ0v) is 18.0. The molecule has 158 valence electrons. The molecule has 1 aromatic rings. The SMILES string of the molecule is CC(NC(=O)CCCN1C(=O)NC2(CCCC2)C1=O)c1ccc(C(C)(C)C)cc1. The minimum atomic E-state index is -0.674. The van der Waals surface area contributed by atoms with Crippen molar-refractivity contribution in [1.29, 1.82) is 0 Å². The van der Waals surface area contributed by atoms with Crippen LogP contribution in [0.15, 0.2) is 24.3 Å². The van der Waals surface area contributed by atoms with Gasteiger partial charge in [0.2, 0.25) is 5.91 Å². The molecular weight excluding hydrogens is 366 g/mol. The van der Waals surface area contributed by atoms with Gasteiger partial charge in [-0.25, -0.2) is 4.79 Å². The number of urea groups is 1. The van der Waals surface area contributed by atoms with E-state index in [2.05, 4.69) is 55.7 Å². The van der Waals surface area contributed by atoms with E-state index in [9.17, 15) is 14.4 Å². The summed E-state index contributed by atoms with van der Waals surface area (Å²) < 4.78 is 0. The van der Waals surface area contributed by atoms with Crippen LogP contribution in [0.1, 0.15) is 83.4 Å². The molecule has 1 atom stereocenters. The Kier molecular flexibility index (Phi) is 6.01. The molecule has 2 aliphatic rings. The number of hydrogen-bond acceptors (Lipinski definition) is 3. The average molecular weight is 400 g/mol. The summed E-state index contributed by atoms with van der Waals surface area (Å²) in [5, 5.41) is 5.88. The van der Waals surface area contributed by atoms with Gasteiger partial charge in [-0.3, -0.25) is 14.5 Å². The van der Waals surface area contributed by atoms with Gasteiger partial charge in [0.15, 0.2) is 0 Å². The standard InChI is InChI=1S/C23H33N3O3/c1-16(17-9-11-18(12-10-17)22(2,3)4)24-19(27)8-7-15-26-20(28)23(25-21(26)29)13-5-6-14-23/h9-12,16H,5-8,13-15H2,1-4H3,(H,24,27)(H,25,29). The topological polar surface area (TPSA) is 78.5 Å². The van der Waals surface area contributed by atoms with E-state index < -0.39 is 5.54 Å². The fourth-order valence-corrected chi connectivity index (χ4v) is 4.26. The molecule has 1 heterocycles. The van der Waals surface area contributed by atoms with E-state index in [1.165, 1.54) is 10.5 Å². The van der Waals surface area contributed by atoms with Crippen molar-refractivity contribution in [3.63, 3.8) is 0 Å². The van der Waals surface area contributed by atoms with Gasteiger partial charge >= 0.3 is 6.03 Å². The Morgan fingerprint density at radius 1 is 1.17 bits per heavy atom. The molecule has 4 amide bonds. The average Bonchev–Trinajstić information content (AvgIpc) is 3.21. The quantitative estimate of drug-likeness (QED) is 0.714. The molecule has 1 aliphatic carbocycles. The third kappa shape index (κ3) is 4.62. The van der Waals surface area contributed by atoms with Crippen LogP contribution in [0.4, 0.5) is 4.79 Å². The number of carbonyl (C=O) groups excluding carboxylic acids is 3. The Morgan fingerprint density at radius 2 is 1.79 bits per heavy atom. The molecule has 0 radical (unpaired) electrons. The predicted octanol–water partition coefficient (Wildman–Crippen LogP) is 3.81. The third-order valence-corrected chi connectivity index (χ3v) is 6.14. The lowest BCUT2D eigenvalue weighted by molar-refractivity contribution is -0.131. The number of nitrogens with one attached hydrogen (secondary N) is 2. The van der Waals surface area contributed by atoms with E-state index in [1.54, 1.807) is 0 Å². The second kappa shape index (κ2) is 8.17. The van der Waals surface area contributed by atoms with Crippen LogP contribution in [-0.2, 0) is 15.0 Å². The first kappa shape index (κ1) is 21.3. The highest BCUT2D eigenvalue weighted by atomic mass is 16.2. The first-order chi connectivity index (χ1) is 13.6. The summed E-state index contributed by atoms with van der Waals surface area (Å²) in [5.41, 5.74) is 1.74. The molecule has 1 unspecified atom stereocenters. The molecule has 29 heavy (non-hydrogen) atoms. The van der Waals surface area contributed by atoms with Crippen LogP contribution in [0.5, 0.6) is 0 Å². The lowest BCUT2D eigenvalue weighted by Gasteiger charge is -2.21. The van der Waals surface area contributed by atoms with E-state index in [-0.39, 0.29) is 42.3 Å². The van der Waals surface area contributed by atoms with Gasteiger partial charge in [-0.1, -0.05) is 57.9 Å². The summed E-state index contributed by atoms with van der Waals surface area (Å²) in [5.74, 6) is -0.187. The summed E-state index contributed by atoms with van der Waals surface area (Å²) in [4.78, 5) is 38.4. The molecule has 1 aromatic carbocycles. The Labute approximate surface area is 173 Å². The van der Waals surface area contributed by atoms with Crippen molar-refractivity contribution in [2.45, 2.75) is 83.2 Å².